The molecule has 6 nitrogen and oxygen atoms in total. The molecule has 2 amide bonds. The zero-order valence-electron chi connectivity index (χ0n) is 13.1. The van der Waals surface area contributed by atoms with Crippen molar-refractivity contribution < 1.29 is 9.59 Å². The number of nitrogens with two attached hydrogens (primary N) is 1. The van der Waals surface area contributed by atoms with Crippen molar-refractivity contribution in [1.82, 2.24) is 15.6 Å². The monoisotopic (exact) mass is 292 g/mol. The van der Waals surface area contributed by atoms with Gasteiger partial charge in [-0.1, -0.05) is 20.8 Å². The lowest BCUT2D eigenvalue weighted by Crippen LogP contribution is -2.45. The molecule has 0 radical (unpaired) electrons. The normalized spacial score (nSPS) is 12.0. The van der Waals surface area contributed by atoms with Gasteiger partial charge in [0.2, 0.25) is 5.91 Å². The first kappa shape index (κ1) is 16.9. The number of nitrogens with one attached hydrogen (secondary N) is 2. The molecule has 0 aliphatic rings. The summed E-state index contributed by atoms with van der Waals surface area (Å²) in [5.74, 6) is -0.0544. The van der Waals surface area contributed by atoms with Crippen molar-refractivity contribution >= 4 is 17.6 Å². The Kier molecular flexibility index (Phi) is 6.14. The summed E-state index contributed by atoms with van der Waals surface area (Å²) in [5.41, 5.74) is 6.89. The van der Waals surface area contributed by atoms with Crippen molar-refractivity contribution in [3.63, 3.8) is 0 Å². The van der Waals surface area contributed by atoms with E-state index in [1.807, 2.05) is 20.8 Å². The summed E-state index contributed by atoms with van der Waals surface area (Å²) in [5, 5.41) is 5.40. The summed E-state index contributed by atoms with van der Waals surface area (Å²) in [6.07, 6.45) is 0.852. The van der Waals surface area contributed by atoms with Gasteiger partial charge < -0.3 is 16.4 Å². The number of anilines is 1. The van der Waals surface area contributed by atoms with Crippen molar-refractivity contribution in [2.75, 3.05) is 12.3 Å². The van der Waals surface area contributed by atoms with Gasteiger partial charge in [-0.05, 0) is 31.4 Å². The molecule has 0 aliphatic heterocycles. The standard InChI is InChI=1S/C15H24N4O2/c1-5-6-17-14(20)10(4)18-15(21)11-7-12(9(2)3)19-13(16)8-11/h7-10H,5-6H2,1-4H3,(H2,16,19)(H,17,20)(H,18,21). The predicted octanol–water partition coefficient (Wildman–Crippen LogP) is 1.43. The highest BCUT2D eigenvalue weighted by atomic mass is 16.2. The van der Waals surface area contributed by atoms with Crippen LogP contribution in [0.5, 0.6) is 0 Å². The van der Waals surface area contributed by atoms with Crippen LogP contribution in [-0.2, 0) is 4.79 Å². The zero-order valence-corrected chi connectivity index (χ0v) is 13.1. The molecule has 0 fully saturated rings. The van der Waals surface area contributed by atoms with Crippen molar-refractivity contribution in [3.8, 4) is 0 Å². The Morgan fingerprint density at radius 2 is 1.95 bits per heavy atom. The molecular formula is C15H24N4O2. The Morgan fingerprint density at radius 1 is 1.29 bits per heavy atom. The molecule has 1 aromatic rings. The lowest BCUT2D eigenvalue weighted by atomic mass is 10.1. The Bertz CT molecular complexity index is 514. The minimum atomic E-state index is -0.596. The first-order chi connectivity index (χ1) is 9.85. The van der Waals surface area contributed by atoms with Crippen LogP contribution in [0, 0.1) is 0 Å². The smallest absolute Gasteiger partial charge is 0.252 e. The van der Waals surface area contributed by atoms with Gasteiger partial charge in [0.1, 0.15) is 11.9 Å². The Hall–Kier alpha value is -2.11. The fourth-order valence-corrected chi connectivity index (χ4v) is 1.75. The van der Waals surface area contributed by atoms with E-state index in [9.17, 15) is 9.59 Å². The third-order valence-corrected chi connectivity index (χ3v) is 3.01. The van der Waals surface area contributed by atoms with Gasteiger partial charge in [0.25, 0.3) is 5.91 Å². The van der Waals surface area contributed by atoms with Crippen molar-refractivity contribution in [1.29, 1.82) is 0 Å². The molecule has 1 atom stereocenters. The number of hydrogen-bond donors (Lipinski definition) is 3. The van der Waals surface area contributed by atoms with Gasteiger partial charge >= 0.3 is 0 Å². The SMILES string of the molecule is CCCNC(=O)C(C)NC(=O)c1cc(N)nc(C(C)C)c1. The molecule has 0 bridgehead atoms. The first-order valence-electron chi connectivity index (χ1n) is 7.21. The van der Waals surface area contributed by atoms with E-state index in [4.69, 9.17) is 5.73 Å². The number of nitrogen functional groups attached to an aromatic ring is 1. The molecule has 1 rings (SSSR count). The summed E-state index contributed by atoms with van der Waals surface area (Å²) in [6, 6.07) is 2.62. The number of carbonyl (C=O) groups is 2. The van der Waals surface area contributed by atoms with Crippen LogP contribution in [0.15, 0.2) is 12.1 Å². The van der Waals surface area contributed by atoms with Crippen LogP contribution in [0.4, 0.5) is 5.82 Å². The van der Waals surface area contributed by atoms with Gasteiger partial charge in [0, 0.05) is 17.8 Å². The molecule has 0 aliphatic carbocycles. The average molecular weight is 292 g/mol. The van der Waals surface area contributed by atoms with Gasteiger partial charge in [-0.25, -0.2) is 4.98 Å². The van der Waals surface area contributed by atoms with E-state index in [-0.39, 0.29) is 17.7 Å². The number of pyridine rings is 1. The van der Waals surface area contributed by atoms with Crippen molar-refractivity contribution in [2.45, 2.75) is 46.1 Å². The molecular weight excluding hydrogens is 268 g/mol. The molecule has 6 heteroatoms. The number of carbonyl (C=O) groups excluding carboxylic acids is 2. The van der Waals surface area contributed by atoms with E-state index in [0.29, 0.717) is 17.9 Å². The third-order valence-electron chi connectivity index (χ3n) is 3.01. The number of hydrogen-bond acceptors (Lipinski definition) is 4. The molecule has 116 valence electrons. The van der Waals surface area contributed by atoms with Crippen LogP contribution in [-0.4, -0.2) is 29.4 Å². The van der Waals surface area contributed by atoms with E-state index < -0.39 is 6.04 Å². The van der Waals surface area contributed by atoms with E-state index in [1.54, 1.807) is 13.0 Å². The molecule has 4 N–H and O–H groups in total. The largest absolute Gasteiger partial charge is 0.384 e. The molecule has 0 saturated heterocycles. The van der Waals surface area contributed by atoms with Crippen LogP contribution < -0.4 is 16.4 Å². The van der Waals surface area contributed by atoms with E-state index >= 15 is 0 Å². The van der Waals surface area contributed by atoms with Gasteiger partial charge in [-0.3, -0.25) is 9.59 Å². The second kappa shape index (κ2) is 7.61. The minimum absolute atomic E-state index is 0.172. The fourth-order valence-electron chi connectivity index (χ4n) is 1.75. The van der Waals surface area contributed by atoms with E-state index in [0.717, 1.165) is 12.1 Å². The van der Waals surface area contributed by atoms with Crippen LogP contribution in [0.3, 0.4) is 0 Å². The van der Waals surface area contributed by atoms with Crippen molar-refractivity contribution in [3.05, 3.63) is 23.4 Å². The van der Waals surface area contributed by atoms with Crippen LogP contribution in [0.2, 0.25) is 0 Å². The molecule has 1 unspecified atom stereocenters. The molecule has 0 spiro atoms. The highest BCUT2D eigenvalue weighted by Crippen LogP contribution is 2.16. The summed E-state index contributed by atoms with van der Waals surface area (Å²) < 4.78 is 0. The number of rotatable bonds is 6. The minimum Gasteiger partial charge on any atom is -0.384 e. The van der Waals surface area contributed by atoms with Crippen LogP contribution in [0.1, 0.15) is 56.1 Å². The third kappa shape index (κ3) is 5.06. The summed E-state index contributed by atoms with van der Waals surface area (Å²) >= 11 is 0. The zero-order chi connectivity index (χ0) is 16.0. The Labute approximate surface area is 125 Å². The second-order valence-electron chi connectivity index (χ2n) is 5.35. The summed E-state index contributed by atoms with van der Waals surface area (Å²) in [6.45, 7) is 8.17. The molecule has 21 heavy (non-hydrogen) atoms. The van der Waals surface area contributed by atoms with Gasteiger partial charge in [0.05, 0.1) is 0 Å². The highest BCUT2D eigenvalue weighted by Gasteiger charge is 2.17. The van der Waals surface area contributed by atoms with Gasteiger partial charge in [-0.2, -0.15) is 0 Å². The Balaban J connectivity index is 2.77. The fraction of sp³-hybridized carbons (Fsp3) is 0.533. The molecule has 1 aromatic heterocycles. The molecule has 0 aromatic carbocycles. The predicted molar refractivity (Wildman–Crippen MR) is 83.0 cm³/mol. The lowest BCUT2D eigenvalue weighted by Gasteiger charge is -2.15. The van der Waals surface area contributed by atoms with Crippen LogP contribution >= 0.6 is 0 Å². The van der Waals surface area contributed by atoms with Gasteiger partial charge in [-0.15, -0.1) is 0 Å². The quantitative estimate of drug-likeness (QED) is 0.739. The maximum atomic E-state index is 12.2. The first-order valence-corrected chi connectivity index (χ1v) is 7.21. The van der Waals surface area contributed by atoms with E-state index in [1.165, 1.54) is 6.07 Å². The highest BCUT2D eigenvalue weighted by molar-refractivity contribution is 5.98. The van der Waals surface area contributed by atoms with Crippen LogP contribution in [0.25, 0.3) is 0 Å². The maximum Gasteiger partial charge on any atom is 0.252 e. The summed E-state index contributed by atoms with van der Waals surface area (Å²) in [7, 11) is 0. The van der Waals surface area contributed by atoms with Crippen molar-refractivity contribution in [2.24, 2.45) is 0 Å². The Morgan fingerprint density at radius 3 is 2.52 bits per heavy atom. The maximum absolute atomic E-state index is 12.2. The molecule has 0 saturated carbocycles. The lowest BCUT2D eigenvalue weighted by molar-refractivity contribution is -0.122. The number of amides is 2. The number of nitrogens with zero attached hydrogens (tertiary/aromatic N) is 1. The molecule has 1 heterocycles. The summed E-state index contributed by atoms with van der Waals surface area (Å²) in [4.78, 5) is 28.1. The second-order valence-corrected chi connectivity index (χ2v) is 5.35. The van der Waals surface area contributed by atoms with Gasteiger partial charge in [0.15, 0.2) is 0 Å². The van der Waals surface area contributed by atoms with E-state index in [2.05, 4.69) is 15.6 Å². The average Bonchev–Trinajstić information content (AvgIpc) is 2.43. The number of aromatic nitrogens is 1. The topological polar surface area (TPSA) is 97.1 Å².